The molecule has 4 rings (SSSR count). The summed E-state index contributed by atoms with van der Waals surface area (Å²) >= 11 is 0. The van der Waals surface area contributed by atoms with E-state index in [0.717, 1.165) is 12.8 Å². The van der Waals surface area contributed by atoms with Crippen LogP contribution in [0.5, 0.6) is 0 Å². The Morgan fingerprint density at radius 3 is 2.61 bits per heavy atom. The molecule has 1 aliphatic heterocycles. The second-order valence-electron chi connectivity index (χ2n) is 5.76. The van der Waals surface area contributed by atoms with Crippen LogP contribution in [-0.2, 0) is 17.2 Å². The van der Waals surface area contributed by atoms with Gasteiger partial charge in [-0.25, -0.2) is 0 Å². The SMILES string of the molecule is Cn1cc(-c2nc(C3(c4ccccc4)CCOCC3)no2)nn1. The van der Waals surface area contributed by atoms with E-state index in [1.54, 1.807) is 17.9 Å². The van der Waals surface area contributed by atoms with Crippen molar-refractivity contribution in [1.29, 1.82) is 0 Å². The fourth-order valence-electron chi connectivity index (χ4n) is 3.09. The Morgan fingerprint density at radius 1 is 1.13 bits per heavy atom. The van der Waals surface area contributed by atoms with Crippen molar-refractivity contribution >= 4 is 0 Å². The molecular formula is C16H17N5O2. The molecule has 7 nitrogen and oxygen atoms in total. The molecule has 0 N–H and O–H groups in total. The van der Waals surface area contributed by atoms with E-state index in [1.807, 2.05) is 18.2 Å². The largest absolute Gasteiger partial charge is 0.381 e. The summed E-state index contributed by atoms with van der Waals surface area (Å²) in [6.45, 7) is 1.37. The van der Waals surface area contributed by atoms with E-state index in [9.17, 15) is 0 Å². The maximum atomic E-state index is 5.55. The minimum Gasteiger partial charge on any atom is -0.381 e. The number of rotatable bonds is 3. The maximum Gasteiger partial charge on any atom is 0.280 e. The molecule has 0 spiro atoms. The maximum absolute atomic E-state index is 5.55. The van der Waals surface area contributed by atoms with Crippen molar-refractivity contribution in [1.82, 2.24) is 25.1 Å². The van der Waals surface area contributed by atoms with Crippen molar-refractivity contribution in [3.8, 4) is 11.6 Å². The summed E-state index contributed by atoms with van der Waals surface area (Å²) < 4.78 is 12.6. The first-order chi connectivity index (χ1) is 11.3. The fraction of sp³-hybridized carbons (Fsp3) is 0.375. The van der Waals surface area contributed by atoms with E-state index >= 15 is 0 Å². The summed E-state index contributed by atoms with van der Waals surface area (Å²) in [6, 6.07) is 10.3. The smallest absolute Gasteiger partial charge is 0.280 e. The Morgan fingerprint density at radius 2 is 1.91 bits per heavy atom. The van der Waals surface area contributed by atoms with Gasteiger partial charge in [-0.3, -0.25) is 4.68 Å². The van der Waals surface area contributed by atoms with Crippen molar-refractivity contribution in [3.05, 3.63) is 47.9 Å². The van der Waals surface area contributed by atoms with Crippen LogP contribution in [0.2, 0.25) is 0 Å². The van der Waals surface area contributed by atoms with Crippen LogP contribution < -0.4 is 0 Å². The standard InChI is InChI=1S/C16H17N5O2/c1-21-11-13(18-20-21)14-17-15(19-23-14)16(7-9-22-10-8-16)12-5-3-2-4-6-12/h2-6,11H,7-10H2,1H3. The Balaban J connectivity index is 1.77. The fourth-order valence-corrected chi connectivity index (χ4v) is 3.09. The molecular weight excluding hydrogens is 294 g/mol. The number of aromatic nitrogens is 5. The van der Waals surface area contributed by atoms with Gasteiger partial charge in [-0.05, 0) is 18.4 Å². The Bertz CT molecular complexity index is 790. The lowest BCUT2D eigenvalue weighted by Crippen LogP contribution is -2.36. The molecule has 0 amide bonds. The van der Waals surface area contributed by atoms with Crippen LogP contribution >= 0.6 is 0 Å². The van der Waals surface area contributed by atoms with Crippen molar-refractivity contribution in [2.45, 2.75) is 18.3 Å². The molecule has 2 aromatic heterocycles. The first-order valence-electron chi connectivity index (χ1n) is 7.62. The summed E-state index contributed by atoms with van der Waals surface area (Å²) in [4.78, 5) is 4.62. The molecule has 1 aliphatic rings. The quantitative estimate of drug-likeness (QED) is 0.736. The van der Waals surface area contributed by atoms with Crippen molar-refractivity contribution < 1.29 is 9.26 Å². The summed E-state index contributed by atoms with van der Waals surface area (Å²) in [5, 5.41) is 12.2. The van der Waals surface area contributed by atoms with E-state index in [0.29, 0.717) is 30.6 Å². The summed E-state index contributed by atoms with van der Waals surface area (Å²) in [5.74, 6) is 1.09. The molecule has 118 valence electrons. The highest BCUT2D eigenvalue weighted by atomic mass is 16.5. The van der Waals surface area contributed by atoms with Crippen LogP contribution in [0.1, 0.15) is 24.2 Å². The molecule has 0 bridgehead atoms. The molecule has 0 aliphatic carbocycles. The predicted octanol–water partition coefficient (Wildman–Crippen LogP) is 1.96. The Hall–Kier alpha value is -2.54. The number of hydrogen-bond acceptors (Lipinski definition) is 6. The average Bonchev–Trinajstić information content (AvgIpc) is 3.25. The lowest BCUT2D eigenvalue weighted by Gasteiger charge is -2.34. The predicted molar refractivity (Wildman–Crippen MR) is 81.6 cm³/mol. The molecule has 0 unspecified atom stereocenters. The topological polar surface area (TPSA) is 78.9 Å². The zero-order valence-electron chi connectivity index (χ0n) is 12.8. The molecule has 1 fully saturated rings. The van der Waals surface area contributed by atoms with Crippen molar-refractivity contribution in [2.75, 3.05) is 13.2 Å². The lowest BCUT2D eigenvalue weighted by molar-refractivity contribution is 0.0597. The third-order valence-electron chi connectivity index (χ3n) is 4.35. The molecule has 0 radical (unpaired) electrons. The Labute approximate surface area is 133 Å². The highest BCUT2D eigenvalue weighted by Gasteiger charge is 2.40. The van der Waals surface area contributed by atoms with Gasteiger partial charge in [-0.1, -0.05) is 40.7 Å². The highest BCUT2D eigenvalue weighted by molar-refractivity contribution is 5.45. The van der Waals surface area contributed by atoms with Gasteiger partial charge in [0.05, 0.1) is 11.6 Å². The number of ether oxygens (including phenoxy) is 1. The first-order valence-corrected chi connectivity index (χ1v) is 7.62. The summed E-state index contributed by atoms with van der Waals surface area (Å²) in [7, 11) is 1.80. The van der Waals surface area contributed by atoms with Gasteiger partial charge in [0.25, 0.3) is 5.89 Å². The van der Waals surface area contributed by atoms with Gasteiger partial charge in [-0.15, -0.1) is 5.10 Å². The van der Waals surface area contributed by atoms with E-state index in [4.69, 9.17) is 9.26 Å². The van der Waals surface area contributed by atoms with E-state index in [1.165, 1.54) is 5.56 Å². The molecule has 0 saturated carbocycles. The van der Waals surface area contributed by atoms with Crippen molar-refractivity contribution in [2.24, 2.45) is 7.05 Å². The number of hydrogen-bond donors (Lipinski definition) is 0. The van der Waals surface area contributed by atoms with E-state index < -0.39 is 0 Å². The van der Waals surface area contributed by atoms with E-state index in [2.05, 4.69) is 32.6 Å². The lowest BCUT2D eigenvalue weighted by atomic mass is 9.73. The highest BCUT2D eigenvalue weighted by Crippen LogP contribution is 2.40. The molecule has 1 aromatic carbocycles. The summed E-state index contributed by atoms with van der Waals surface area (Å²) in [5.41, 5.74) is 1.50. The van der Waals surface area contributed by atoms with Gasteiger partial charge < -0.3 is 9.26 Å². The second kappa shape index (κ2) is 5.58. The average molecular weight is 311 g/mol. The van der Waals surface area contributed by atoms with Crippen LogP contribution in [0.3, 0.4) is 0 Å². The van der Waals surface area contributed by atoms with Gasteiger partial charge in [0.2, 0.25) is 0 Å². The molecule has 23 heavy (non-hydrogen) atoms. The monoisotopic (exact) mass is 311 g/mol. The molecule has 0 atom stereocenters. The van der Waals surface area contributed by atoms with Gasteiger partial charge in [0, 0.05) is 20.3 Å². The molecule has 3 heterocycles. The van der Waals surface area contributed by atoms with Crippen LogP contribution in [0.4, 0.5) is 0 Å². The normalized spacial score (nSPS) is 17.3. The zero-order chi connectivity index (χ0) is 15.7. The molecule has 7 heteroatoms. The van der Waals surface area contributed by atoms with Crippen LogP contribution in [0.15, 0.2) is 41.1 Å². The minimum atomic E-state index is -0.274. The van der Waals surface area contributed by atoms with Gasteiger partial charge in [0.15, 0.2) is 11.5 Å². The van der Waals surface area contributed by atoms with Crippen molar-refractivity contribution in [3.63, 3.8) is 0 Å². The number of benzene rings is 1. The zero-order valence-corrected chi connectivity index (χ0v) is 12.8. The number of aryl methyl sites for hydroxylation is 1. The Kier molecular flexibility index (Phi) is 3.42. The van der Waals surface area contributed by atoms with Crippen LogP contribution in [0.25, 0.3) is 11.6 Å². The third-order valence-corrected chi connectivity index (χ3v) is 4.35. The third kappa shape index (κ3) is 2.43. The van der Waals surface area contributed by atoms with Gasteiger partial charge in [0.1, 0.15) is 0 Å². The summed E-state index contributed by atoms with van der Waals surface area (Å²) in [6.07, 6.45) is 3.42. The molecule has 3 aromatic rings. The molecule has 1 saturated heterocycles. The van der Waals surface area contributed by atoms with Crippen LogP contribution in [-0.4, -0.2) is 38.3 Å². The van der Waals surface area contributed by atoms with Gasteiger partial charge >= 0.3 is 0 Å². The minimum absolute atomic E-state index is 0.274. The van der Waals surface area contributed by atoms with Gasteiger partial charge in [-0.2, -0.15) is 4.98 Å². The van der Waals surface area contributed by atoms with Crippen LogP contribution in [0, 0.1) is 0 Å². The number of nitrogens with zero attached hydrogens (tertiary/aromatic N) is 5. The van der Waals surface area contributed by atoms with E-state index in [-0.39, 0.29) is 5.41 Å². The first kappa shape index (κ1) is 14.1. The second-order valence-corrected chi connectivity index (χ2v) is 5.76.